The molecule has 1 aliphatic heterocycles. The van der Waals surface area contributed by atoms with E-state index < -0.39 is 0 Å². The van der Waals surface area contributed by atoms with Crippen LogP contribution in [0.2, 0.25) is 0 Å². The summed E-state index contributed by atoms with van der Waals surface area (Å²) < 4.78 is 5.96. The summed E-state index contributed by atoms with van der Waals surface area (Å²) in [6.07, 6.45) is 1.60. The number of furan rings is 1. The number of nitrogens with zero attached hydrogens (tertiary/aromatic N) is 1. The lowest BCUT2D eigenvalue weighted by atomic mass is 10.0. The lowest BCUT2D eigenvalue weighted by Gasteiger charge is -2.14. The first kappa shape index (κ1) is 16.2. The Morgan fingerprint density at radius 1 is 1.04 bits per heavy atom. The van der Waals surface area contributed by atoms with E-state index in [1.807, 2.05) is 42.5 Å². The van der Waals surface area contributed by atoms with Crippen molar-refractivity contribution in [3.05, 3.63) is 75.5 Å². The second-order valence-electron chi connectivity index (χ2n) is 5.55. The summed E-state index contributed by atoms with van der Waals surface area (Å²) in [7, 11) is 0. The highest BCUT2D eigenvalue weighted by atomic mass is 79.9. The van der Waals surface area contributed by atoms with Gasteiger partial charge < -0.3 is 4.42 Å². The Labute approximate surface area is 156 Å². The molecule has 0 N–H and O–H groups in total. The third-order valence-corrected chi connectivity index (χ3v) is 5.28. The van der Waals surface area contributed by atoms with Crippen LogP contribution >= 0.6 is 27.7 Å². The van der Waals surface area contributed by atoms with Crippen LogP contribution in [-0.4, -0.2) is 16.0 Å². The summed E-state index contributed by atoms with van der Waals surface area (Å²) in [6, 6.07) is 17.3. The van der Waals surface area contributed by atoms with Gasteiger partial charge in [-0.15, -0.1) is 0 Å². The zero-order valence-electron chi connectivity index (χ0n) is 12.9. The number of amides is 2. The standard InChI is InChI=1S/C19H12BrNO3S/c20-17-9-8-14(24-17)10-16-18(22)21(19(23)25-16)11-13-6-3-5-12-4-1-2-7-15(12)13/h1-10H,11H2/b16-10-. The van der Waals surface area contributed by atoms with Crippen LogP contribution in [0.5, 0.6) is 0 Å². The lowest BCUT2D eigenvalue weighted by Crippen LogP contribution is -2.27. The van der Waals surface area contributed by atoms with Crippen LogP contribution in [-0.2, 0) is 11.3 Å². The minimum atomic E-state index is -0.296. The highest BCUT2D eigenvalue weighted by Crippen LogP contribution is 2.34. The molecular weight excluding hydrogens is 402 g/mol. The van der Waals surface area contributed by atoms with Gasteiger partial charge in [0.05, 0.1) is 11.4 Å². The minimum Gasteiger partial charge on any atom is -0.450 e. The Kier molecular flexibility index (Phi) is 4.23. The van der Waals surface area contributed by atoms with Gasteiger partial charge in [0.1, 0.15) is 5.76 Å². The quantitative estimate of drug-likeness (QED) is 0.537. The van der Waals surface area contributed by atoms with E-state index in [1.54, 1.807) is 18.2 Å². The predicted molar refractivity (Wildman–Crippen MR) is 102 cm³/mol. The molecule has 6 heteroatoms. The fourth-order valence-corrected chi connectivity index (χ4v) is 3.91. The number of benzene rings is 2. The van der Waals surface area contributed by atoms with Crippen LogP contribution in [0, 0.1) is 0 Å². The minimum absolute atomic E-state index is 0.255. The molecule has 0 bridgehead atoms. The van der Waals surface area contributed by atoms with E-state index in [-0.39, 0.29) is 17.7 Å². The van der Waals surface area contributed by atoms with Crippen molar-refractivity contribution in [2.45, 2.75) is 6.54 Å². The van der Waals surface area contributed by atoms with E-state index in [2.05, 4.69) is 15.9 Å². The summed E-state index contributed by atoms with van der Waals surface area (Å²) in [4.78, 5) is 26.6. The van der Waals surface area contributed by atoms with Gasteiger partial charge in [0.2, 0.25) is 0 Å². The topological polar surface area (TPSA) is 50.5 Å². The van der Waals surface area contributed by atoms with Crippen molar-refractivity contribution in [3.63, 3.8) is 0 Å². The van der Waals surface area contributed by atoms with E-state index in [0.717, 1.165) is 28.1 Å². The molecule has 25 heavy (non-hydrogen) atoms. The monoisotopic (exact) mass is 413 g/mol. The van der Waals surface area contributed by atoms with Crippen molar-refractivity contribution in [1.82, 2.24) is 4.90 Å². The molecule has 0 radical (unpaired) electrons. The highest BCUT2D eigenvalue weighted by molar-refractivity contribution is 9.10. The summed E-state index contributed by atoms with van der Waals surface area (Å²) in [5, 5.41) is 1.86. The molecule has 0 aliphatic carbocycles. The van der Waals surface area contributed by atoms with Crippen LogP contribution in [0.1, 0.15) is 11.3 Å². The summed E-state index contributed by atoms with van der Waals surface area (Å²) in [5.74, 6) is 0.234. The molecule has 1 fully saturated rings. The van der Waals surface area contributed by atoms with Gasteiger partial charge in [0.25, 0.3) is 11.1 Å². The Bertz CT molecular complexity index is 1020. The second-order valence-corrected chi connectivity index (χ2v) is 7.32. The SMILES string of the molecule is O=C1S/C(=C\c2ccc(Br)o2)C(=O)N1Cc1cccc2ccccc12. The Morgan fingerprint density at radius 3 is 2.64 bits per heavy atom. The molecular formula is C19H12BrNO3S. The predicted octanol–water partition coefficient (Wildman–Crippen LogP) is 5.43. The van der Waals surface area contributed by atoms with E-state index >= 15 is 0 Å². The van der Waals surface area contributed by atoms with Gasteiger partial charge >= 0.3 is 0 Å². The summed E-state index contributed by atoms with van der Waals surface area (Å²) in [5.41, 5.74) is 0.947. The first-order chi connectivity index (χ1) is 12.1. The molecule has 3 aromatic rings. The molecule has 4 nitrogen and oxygen atoms in total. The number of carbonyl (C=O) groups excluding carboxylic acids is 2. The van der Waals surface area contributed by atoms with Crippen molar-refractivity contribution >= 4 is 55.7 Å². The fraction of sp³-hybridized carbons (Fsp3) is 0.0526. The van der Waals surface area contributed by atoms with Crippen molar-refractivity contribution in [2.24, 2.45) is 0 Å². The van der Waals surface area contributed by atoms with Gasteiger partial charge in [-0.3, -0.25) is 14.5 Å². The molecule has 2 aromatic carbocycles. The van der Waals surface area contributed by atoms with Crippen molar-refractivity contribution < 1.29 is 14.0 Å². The number of imide groups is 1. The van der Waals surface area contributed by atoms with E-state index in [0.29, 0.717) is 15.3 Å². The van der Waals surface area contributed by atoms with Crippen molar-refractivity contribution in [1.29, 1.82) is 0 Å². The molecule has 124 valence electrons. The number of halogens is 1. The van der Waals surface area contributed by atoms with E-state index in [1.165, 1.54) is 4.90 Å². The van der Waals surface area contributed by atoms with Crippen LogP contribution < -0.4 is 0 Å². The Hall–Kier alpha value is -2.31. The Balaban J connectivity index is 1.63. The van der Waals surface area contributed by atoms with Gasteiger partial charge in [0, 0.05) is 6.08 Å². The number of hydrogen-bond acceptors (Lipinski definition) is 4. The van der Waals surface area contributed by atoms with Gasteiger partial charge in [0.15, 0.2) is 4.67 Å². The second kappa shape index (κ2) is 6.54. The average molecular weight is 414 g/mol. The van der Waals surface area contributed by atoms with Gasteiger partial charge in [-0.2, -0.15) is 0 Å². The molecule has 2 amide bonds. The summed E-state index contributed by atoms with van der Waals surface area (Å²) in [6.45, 7) is 0.255. The molecule has 2 heterocycles. The molecule has 0 saturated carbocycles. The fourth-order valence-electron chi connectivity index (χ4n) is 2.77. The molecule has 1 aliphatic rings. The van der Waals surface area contributed by atoms with E-state index in [4.69, 9.17) is 4.42 Å². The zero-order chi connectivity index (χ0) is 17.4. The number of hydrogen-bond donors (Lipinski definition) is 0. The number of carbonyl (C=O) groups is 2. The molecule has 1 saturated heterocycles. The molecule has 0 spiro atoms. The number of fused-ring (bicyclic) bond motifs is 1. The number of thioether (sulfide) groups is 1. The van der Waals surface area contributed by atoms with Gasteiger partial charge in [-0.05, 0) is 56.2 Å². The largest absolute Gasteiger partial charge is 0.450 e. The molecule has 0 unspecified atom stereocenters. The lowest BCUT2D eigenvalue weighted by molar-refractivity contribution is -0.123. The third-order valence-electron chi connectivity index (χ3n) is 3.95. The molecule has 4 rings (SSSR count). The third kappa shape index (κ3) is 3.15. The first-order valence-corrected chi connectivity index (χ1v) is 9.20. The maximum Gasteiger partial charge on any atom is 0.293 e. The van der Waals surface area contributed by atoms with Crippen LogP contribution in [0.3, 0.4) is 0 Å². The average Bonchev–Trinajstić information content (AvgIpc) is 3.13. The molecule has 0 atom stereocenters. The van der Waals surface area contributed by atoms with Gasteiger partial charge in [-0.1, -0.05) is 42.5 Å². The van der Waals surface area contributed by atoms with E-state index in [9.17, 15) is 9.59 Å². The van der Waals surface area contributed by atoms with Crippen LogP contribution in [0.4, 0.5) is 4.79 Å². The maximum atomic E-state index is 12.6. The Morgan fingerprint density at radius 2 is 1.84 bits per heavy atom. The highest BCUT2D eigenvalue weighted by Gasteiger charge is 2.35. The van der Waals surface area contributed by atoms with Crippen LogP contribution in [0.15, 0.2) is 68.6 Å². The number of rotatable bonds is 3. The van der Waals surface area contributed by atoms with Crippen LogP contribution in [0.25, 0.3) is 16.8 Å². The first-order valence-electron chi connectivity index (χ1n) is 7.59. The smallest absolute Gasteiger partial charge is 0.293 e. The normalized spacial score (nSPS) is 16.4. The van der Waals surface area contributed by atoms with Crippen molar-refractivity contribution in [3.8, 4) is 0 Å². The van der Waals surface area contributed by atoms with Crippen molar-refractivity contribution in [2.75, 3.05) is 0 Å². The molecule has 1 aromatic heterocycles. The summed E-state index contributed by atoms with van der Waals surface area (Å²) >= 11 is 4.16. The van der Waals surface area contributed by atoms with Gasteiger partial charge in [-0.25, -0.2) is 0 Å². The zero-order valence-corrected chi connectivity index (χ0v) is 15.3. The maximum absolute atomic E-state index is 12.6.